The lowest BCUT2D eigenvalue weighted by atomic mass is 10.3. The third-order valence-corrected chi connectivity index (χ3v) is 4.22. The van der Waals surface area contributed by atoms with Gasteiger partial charge in [0.05, 0.1) is 17.4 Å². The Morgan fingerprint density at radius 3 is 3.08 bits per heavy atom. The first kappa shape index (κ1) is 15.1. The molecule has 122 valence electrons. The van der Waals surface area contributed by atoms with E-state index in [1.807, 2.05) is 24.3 Å². The van der Waals surface area contributed by atoms with Crippen molar-refractivity contribution in [1.82, 2.24) is 25.0 Å². The van der Waals surface area contributed by atoms with Crippen molar-refractivity contribution in [2.45, 2.75) is 25.4 Å². The average molecular weight is 388 g/mol. The van der Waals surface area contributed by atoms with Crippen LogP contribution in [0.2, 0.25) is 0 Å². The number of H-pyrrole nitrogens is 1. The van der Waals surface area contributed by atoms with Gasteiger partial charge in [-0.2, -0.15) is 10.2 Å². The molecule has 0 bridgehead atoms. The SMILES string of the molecule is O=C(OCc1nc(C2CC2)n[nH]1)c1cnn(-c2cccc(Br)c2)c1. The Hall–Kier alpha value is -2.48. The van der Waals surface area contributed by atoms with Crippen LogP contribution in [0.1, 0.15) is 40.8 Å². The first-order chi connectivity index (χ1) is 11.7. The van der Waals surface area contributed by atoms with Gasteiger partial charge in [-0.05, 0) is 31.0 Å². The Labute approximate surface area is 146 Å². The molecule has 1 N–H and O–H groups in total. The third kappa shape index (κ3) is 3.23. The molecular weight excluding hydrogens is 374 g/mol. The van der Waals surface area contributed by atoms with Crippen molar-refractivity contribution in [3.8, 4) is 5.69 Å². The number of nitrogens with zero attached hydrogens (tertiary/aromatic N) is 4. The topological polar surface area (TPSA) is 85.7 Å². The van der Waals surface area contributed by atoms with Crippen LogP contribution in [0.4, 0.5) is 0 Å². The first-order valence-electron chi connectivity index (χ1n) is 7.58. The third-order valence-electron chi connectivity index (χ3n) is 3.72. The first-order valence-corrected chi connectivity index (χ1v) is 8.37. The van der Waals surface area contributed by atoms with Gasteiger partial charge in [0.25, 0.3) is 0 Å². The highest BCUT2D eigenvalue weighted by molar-refractivity contribution is 9.10. The average Bonchev–Trinajstić information content (AvgIpc) is 3.13. The summed E-state index contributed by atoms with van der Waals surface area (Å²) in [7, 11) is 0. The maximum Gasteiger partial charge on any atom is 0.341 e. The number of aromatic amines is 1. The highest BCUT2D eigenvalue weighted by Crippen LogP contribution is 2.37. The van der Waals surface area contributed by atoms with E-state index >= 15 is 0 Å². The van der Waals surface area contributed by atoms with E-state index in [0.29, 0.717) is 17.3 Å². The molecule has 0 aliphatic heterocycles. The largest absolute Gasteiger partial charge is 0.454 e. The lowest BCUT2D eigenvalue weighted by Gasteiger charge is -2.01. The number of halogens is 1. The zero-order valence-corrected chi connectivity index (χ0v) is 14.2. The highest BCUT2D eigenvalue weighted by Gasteiger charge is 2.27. The monoisotopic (exact) mass is 387 g/mol. The fourth-order valence-corrected chi connectivity index (χ4v) is 2.69. The van der Waals surface area contributed by atoms with Crippen LogP contribution in [0.15, 0.2) is 41.1 Å². The minimum Gasteiger partial charge on any atom is -0.454 e. The molecule has 0 unspecified atom stereocenters. The molecule has 4 rings (SSSR count). The van der Waals surface area contributed by atoms with Crippen molar-refractivity contribution in [2.75, 3.05) is 0 Å². The number of aromatic nitrogens is 5. The van der Waals surface area contributed by atoms with Gasteiger partial charge in [-0.25, -0.2) is 14.5 Å². The second-order valence-electron chi connectivity index (χ2n) is 5.64. The van der Waals surface area contributed by atoms with Gasteiger partial charge in [0.15, 0.2) is 18.3 Å². The van der Waals surface area contributed by atoms with Crippen molar-refractivity contribution >= 4 is 21.9 Å². The molecule has 0 saturated heterocycles. The van der Waals surface area contributed by atoms with Crippen LogP contribution >= 0.6 is 15.9 Å². The van der Waals surface area contributed by atoms with E-state index in [0.717, 1.165) is 28.8 Å². The zero-order valence-electron chi connectivity index (χ0n) is 12.6. The van der Waals surface area contributed by atoms with Crippen molar-refractivity contribution < 1.29 is 9.53 Å². The van der Waals surface area contributed by atoms with Gasteiger partial charge in [-0.15, -0.1) is 0 Å². The van der Waals surface area contributed by atoms with Crippen LogP contribution in [-0.4, -0.2) is 30.9 Å². The molecule has 3 aromatic rings. The second kappa shape index (κ2) is 6.20. The Balaban J connectivity index is 1.41. The quantitative estimate of drug-likeness (QED) is 0.680. The Morgan fingerprint density at radius 1 is 1.42 bits per heavy atom. The summed E-state index contributed by atoms with van der Waals surface area (Å²) in [6.07, 6.45) is 5.39. The van der Waals surface area contributed by atoms with E-state index in [2.05, 4.69) is 36.2 Å². The summed E-state index contributed by atoms with van der Waals surface area (Å²) in [6, 6.07) is 7.65. The van der Waals surface area contributed by atoms with E-state index in [-0.39, 0.29) is 6.61 Å². The normalized spacial score (nSPS) is 13.9. The van der Waals surface area contributed by atoms with E-state index in [4.69, 9.17) is 4.74 Å². The molecule has 8 heteroatoms. The lowest BCUT2D eigenvalue weighted by Crippen LogP contribution is -2.05. The van der Waals surface area contributed by atoms with Crippen LogP contribution in [0.3, 0.4) is 0 Å². The van der Waals surface area contributed by atoms with E-state index in [9.17, 15) is 4.79 Å². The molecule has 0 atom stereocenters. The van der Waals surface area contributed by atoms with Crippen LogP contribution in [-0.2, 0) is 11.3 Å². The van der Waals surface area contributed by atoms with Crippen molar-refractivity contribution in [2.24, 2.45) is 0 Å². The minimum absolute atomic E-state index is 0.0701. The maximum atomic E-state index is 12.1. The predicted molar refractivity (Wildman–Crippen MR) is 88.7 cm³/mol. The van der Waals surface area contributed by atoms with Gasteiger partial charge in [0.2, 0.25) is 0 Å². The molecule has 2 aromatic heterocycles. The number of carbonyl (C=O) groups is 1. The van der Waals surface area contributed by atoms with Gasteiger partial charge in [0.1, 0.15) is 0 Å². The number of rotatable bonds is 5. The zero-order chi connectivity index (χ0) is 16.5. The smallest absolute Gasteiger partial charge is 0.341 e. The summed E-state index contributed by atoms with van der Waals surface area (Å²) in [5, 5.41) is 11.1. The van der Waals surface area contributed by atoms with Gasteiger partial charge in [-0.1, -0.05) is 22.0 Å². The molecule has 1 fully saturated rings. The number of benzene rings is 1. The second-order valence-corrected chi connectivity index (χ2v) is 6.56. The van der Waals surface area contributed by atoms with Gasteiger partial charge in [-0.3, -0.25) is 5.10 Å². The molecule has 1 aromatic carbocycles. The van der Waals surface area contributed by atoms with Crippen molar-refractivity contribution in [1.29, 1.82) is 0 Å². The molecule has 0 spiro atoms. The van der Waals surface area contributed by atoms with Crippen LogP contribution in [0.25, 0.3) is 5.69 Å². The highest BCUT2D eigenvalue weighted by atomic mass is 79.9. The van der Waals surface area contributed by atoms with Crippen molar-refractivity contribution in [3.63, 3.8) is 0 Å². The van der Waals surface area contributed by atoms with E-state index < -0.39 is 5.97 Å². The Kier molecular flexibility index (Phi) is 3.89. The molecule has 1 aliphatic rings. The Morgan fingerprint density at radius 2 is 2.29 bits per heavy atom. The molecule has 1 saturated carbocycles. The van der Waals surface area contributed by atoms with E-state index in [1.54, 1.807) is 10.9 Å². The number of hydrogen-bond donors (Lipinski definition) is 1. The molecule has 1 aliphatic carbocycles. The maximum absolute atomic E-state index is 12.1. The molecular formula is C16H14BrN5O2. The summed E-state index contributed by atoms with van der Waals surface area (Å²) in [4.78, 5) is 16.5. The fraction of sp³-hybridized carbons (Fsp3) is 0.250. The fourth-order valence-electron chi connectivity index (χ4n) is 2.30. The Bertz CT molecular complexity index is 884. The number of ether oxygens (including phenoxy) is 1. The minimum atomic E-state index is -0.444. The summed E-state index contributed by atoms with van der Waals surface area (Å²) < 4.78 is 7.83. The van der Waals surface area contributed by atoms with Crippen LogP contribution in [0.5, 0.6) is 0 Å². The summed E-state index contributed by atoms with van der Waals surface area (Å²) in [5.74, 6) is 1.39. The van der Waals surface area contributed by atoms with Crippen molar-refractivity contribution in [3.05, 3.63) is 58.3 Å². The lowest BCUT2D eigenvalue weighted by molar-refractivity contribution is 0.0462. The van der Waals surface area contributed by atoms with Gasteiger partial charge >= 0.3 is 5.97 Å². The van der Waals surface area contributed by atoms with E-state index in [1.165, 1.54) is 6.20 Å². The van der Waals surface area contributed by atoms with Crippen LogP contribution in [0, 0.1) is 0 Å². The van der Waals surface area contributed by atoms with Gasteiger partial charge in [0, 0.05) is 16.6 Å². The number of carbonyl (C=O) groups excluding carboxylic acids is 1. The molecule has 2 heterocycles. The predicted octanol–water partition coefficient (Wildman–Crippen LogP) is 2.99. The summed E-state index contributed by atoms with van der Waals surface area (Å²) >= 11 is 3.41. The van der Waals surface area contributed by atoms with Crippen LogP contribution < -0.4 is 0 Å². The molecule has 0 radical (unpaired) electrons. The van der Waals surface area contributed by atoms with Gasteiger partial charge < -0.3 is 4.74 Å². The molecule has 24 heavy (non-hydrogen) atoms. The summed E-state index contributed by atoms with van der Waals surface area (Å²) in [5.41, 5.74) is 1.24. The standard InChI is InChI=1S/C16H14BrN5O2/c17-12-2-1-3-13(6-12)22-8-11(7-18-22)16(23)24-9-14-19-15(21-20-14)10-4-5-10/h1-3,6-8,10H,4-5,9H2,(H,19,20,21). The molecule has 7 nitrogen and oxygen atoms in total. The number of hydrogen-bond acceptors (Lipinski definition) is 5. The summed E-state index contributed by atoms with van der Waals surface area (Å²) in [6.45, 7) is 0.0701. The number of nitrogens with one attached hydrogen (secondary N) is 1. The number of esters is 1. The molecule has 0 amide bonds.